The van der Waals surface area contributed by atoms with E-state index in [1.54, 1.807) is 18.2 Å². The summed E-state index contributed by atoms with van der Waals surface area (Å²) in [6.07, 6.45) is 0. The number of benzene rings is 1. The average Bonchev–Trinajstić information content (AvgIpc) is 2.35. The van der Waals surface area contributed by atoms with E-state index in [1.807, 2.05) is 0 Å². The molecule has 5 heteroatoms. The number of anilines is 1. The number of phenols is 1. The number of quaternary nitrogens is 1. The van der Waals surface area contributed by atoms with Crippen molar-refractivity contribution in [3.8, 4) is 11.5 Å². The third-order valence-electron chi connectivity index (χ3n) is 3.71. The number of hydrogen-bond donors (Lipinski definition) is 2. The number of piperazine rings is 1. The fourth-order valence-electron chi connectivity index (χ4n) is 2.20. The monoisotopic (exact) mass is 266 g/mol. The van der Waals surface area contributed by atoms with Gasteiger partial charge in [0.25, 0.3) is 0 Å². The van der Waals surface area contributed by atoms with E-state index in [0.717, 1.165) is 24.1 Å². The van der Waals surface area contributed by atoms with Crippen molar-refractivity contribution in [3.05, 3.63) is 18.2 Å². The topological polar surface area (TPSA) is 58.7 Å². The second kappa shape index (κ2) is 5.67. The Labute approximate surface area is 114 Å². The van der Waals surface area contributed by atoms with Gasteiger partial charge >= 0.3 is 0 Å². The van der Waals surface area contributed by atoms with E-state index < -0.39 is 0 Å². The molecule has 1 aliphatic rings. The summed E-state index contributed by atoms with van der Waals surface area (Å²) in [4.78, 5) is 2.41. The molecule has 0 atom stereocenters. The van der Waals surface area contributed by atoms with Crippen LogP contribution in [-0.4, -0.2) is 67.9 Å². The zero-order valence-electron chi connectivity index (χ0n) is 11.8. The number of nitrogens with two attached hydrogens (primary N) is 1. The summed E-state index contributed by atoms with van der Waals surface area (Å²) in [5.41, 5.74) is 6.36. The fourth-order valence-corrected chi connectivity index (χ4v) is 2.20. The minimum Gasteiger partial charge on any atom is -0.508 e. The van der Waals surface area contributed by atoms with Crippen molar-refractivity contribution in [2.45, 2.75) is 0 Å². The van der Waals surface area contributed by atoms with Crippen LogP contribution in [0.3, 0.4) is 0 Å². The number of phenolic OH excluding ortho intramolecular Hbond substituents is 1. The van der Waals surface area contributed by atoms with Crippen LogP contribution >= 0.6 is 0 Å². The maximum absolute atomic E-state index is 9.40. The quantitative estimate of drug-likeness (QED) is 0.479. The molecule has 0 spiro atoms. The fraction of sp³-hybridized carbons (Fsp3) is 0.571. The third kappa shape index (κ3) is 4.01. The molecule has 1 aromatic rings. The summed E-state index contributed by atoms with van der Waals surface area (Å²) < 4.78 is 6.73. The van der Waals surface area contributed by atoms with Gasteiger partial charge in [-0.3, -0.25) is 4.90 Å². The van der Waals surface area contributed by atoms with Crippen molar-refractivity contribution in [1.29, 1.82) is 0 Å². The maximum Gasteiger partial charge on any atom is 0.145 e. The van der Waals surface area contributed by atoms with Crippen LogP contribution < -0.4 is 10.5 Å². The van der Waals surface area contributed by atoms with Crippen molar-refractivity contribution in [2.24, 2.45) is 0 Å². The molecule has 1 saturated heterocycles. The molecule has 0 aliphatic carbocycles. The van der Waals surface area contributed by atoms with Crippen molar-refractivity contribution in [3.63, 3.8) is 0 Å². The molecule has 1 heterocycles. The number of nitrogens with zero attached hydrogens (tertiary/aromatic N) is 2. The summed E-state index contributed by atoms with van der Waals surface area (Å²) in [6, 6.07) is 4.78. The van der Waals surface area contributed by atoms with Gasteiger partial charge in [-0.15, -0.1) is 0 Å². The van der Waals surface area contributed by atoms with Crippen LogP contribution in [-0.2, 0) is 0 Å². The minimum absolute atomic E-state index is 0.182. The van der Waals surface area contributed by atoms with E-state index in [-0.39, 0.29) is 5.75 Å². The highest BCUT2D eigenvalue weighted by Crippen LogP contribution is 2.25. The van der Waals surface area contributed by atoms with Gasteiger partial charge in [-0.2, -0.15) is 0 Å². The Kier molecular flexibility index (Phi) is 4.17. The van der Waals surface area contributed by atoms with Crippen LogP contribution in [0.25, 0.3) is 0 Å². The molecule has 0 bridgehead atoms. The predicted octanol–water partition coefficient (Wildman–Crippen LogP) is 0.745. The van der Waals surface area contributed by atoms with Gasteiger partial charge in [0.1, 0.15) is 18.1 Å². The van der Waals surface area contributed by atoms with Crippen LogP contribution in [0.4, 0.5) is 5.69 Å². The van der Waals surface area contributed by atoms with Gasteiger partial charge in [-0.1, -0.05) is 0 Å². The van der Waals surface area contributed by atoms with Crippen molar-refractivity contribution in [1.82, 2.24) is 4.90 Å². The van der Waals surface area contributed by atoms with Gasteiger partial charge in [0.05, 0.1) is 32.9 Å². The highest BCUT2D eigenvalue weighted by atomic mass is 16.5. The Balaban J connectivity index is 1.76. The summed E-state index contributed by atoms with van der Waals surface area (Å²) in [5.74, 6) is 0.745. The van der Waals surface area contributed by atoms with E-state index >= 15 is 0 Å². The molecule has 0 aromatic heterocycles. The maximum atomic E-state index is 9.40. The first-order valence-electron chi connectivity index (χ1n) is 6.72. The molecule has 0 radical (unpaired) electrons. The number of likely N-dealkylation sites (N-methyl/N-ethyl adjacent to an activating group) is 1. The molecule has 0 unspecified atom stereocenters. The standard InChI is InChI=1S/C14H23N3O2/c1-17(2)8-5-16(6-9-17)7-10-19-14-11-12(18)3-4-13(14)15/h3-4,11H,5-10,15H2,1-2H3/p+1. The molecule has 2 rings (SSSR count). The Bertz CT molecular complexity index is 425. The van der Waals surface area contributed by atoms with Crippen LogP contribution in [0, 0.1) is 0 Å². The van der Waals surface area contributed by atoms with E-state index in [0.29, 0.717) is 18.0 Å². The summed E-state index contributed by atoms with van der Waals surface area (Å²) in [5, 5.41) is 9.40. The summed E-state index contributed by atoms with van der Waals surface area (Å²) in [7, 11) is 4.53. The summed E-state index contributed by atoms with van der Waals surface area (Å²) >= 11 is 0. The molecule has 19 heavy (non-hydrogen) atoms. The number of nitrogen functional groups attached to an aromatic ring is 1. The highest BCUT2D eigenvalue weighted by Gasteiger charge is 2.23. The van der Waals surface area contributed by atoms with Crippen LogP contribution in [0.2, 0.25) is 0 Å². The number of hydrogen-bond acceptors (Lipinski definition) is 4. The zero-order valence-corrected chi connectivity index (χ0v) is 11.8. The third-order valence-corrected chi connectivity index (χ3v) is 3.71. The van der Waals surface area contributed by atoms with Crippen LogP contribution in [0.5, 0.6) is 11.5 Å². The average molecular weight is 266 g/mol. The Hall–Kier alpha value is -1.46. The number of ether oxygens (including phenoxy) is 1. The van der Waals surface area contributed by atoms with Gasteiger partial charge in [-0.25, -0.2) is 0 Å². The normalized spacial score (nSPS) is 19.3. The Morgan fingerprint density at radius 2 is 2.00 bits per heavy atom. The Morgan fingerprint density at radius 1 is 1.32 bits per heavy atom. The number of aromatic hydroxyl groups is 1. The van der Waals surface area contributed by atoms with Crippen LogP contribution in [0.15, 0.2) is 18.2 Å². The zero-order chi connectivity index (χ0) is 13.9. The lowest BCUT2D eigenvalue weighted by atomic mass is 10.3. The van der Waals surface area contributed by atoms with Gasteiger partial charge in [0.15, 0.2) is 0 Å². The molecule has 106 valence electrons. The SMILES string of the molecule is C[N+]1(C)CCN(CCOc2cc(O)ccc2N)CC1. The Morgan fingerprint density at radius 3 is 2.68 bits per heavy atom. The van der Waals surface area contributed by atoms with E-state index in [4.69, 9.17) is 10.5 Å². The molecule has 3 N–H and O–H groups in total. The molecule has 1 aliphatic heterocycles. The van der Waals surface area contributed by atoms with Crippen molar-refractivity contribution in [2.75, 3.05) is 59.2 Å². The van der Waals surface area contributed by atoms with Gasteiger partial charge in [0, 0.05) is 25.7 Å². The van der Waals surface area contributed by atoms with Gasteiger partial charge in [-0.05, 0) is 12.1 Å². The first kappa shape index (κ1) is 14.0. The molecule has 0 saturated carbocycles. The lowest BCUT2D eigenvalue weighted by Crippen LogP contribution is -2.55. The van der Waals surface area contributed by atoms with E-state index in [2.05, 4.69) is 19.0 Å². The largest absolute Gasteiger partial charge is 0.508 e. The lowest BCUT2D eigenvalue weighted by molar-refractivity contribution is -0.894. The first-order valence-corrected chi connectivity index (χ1v) is 6.72. The highest BCUT2D eigenvalue weighted by molar-refractivity contribution is 5.55. The number of rotatable bonds is 4. The minimum atomic E-state index is 0.182. The smallest absolute Gasteiger partial charge is 0.145 e. The first-order chi connectivity index (χ1) is 8.96. The van der Waals surface area contributed by atoms with Gasteiger partial charge in [0.2, 0.25) is 0 Å². The van der Waals surface area contributed by atoms with E-state index in [1.165, 1.54) is 13.1 Å². The molecule has 1 fully saturated rings. The molecule has 1 aromatic carbocycles. The molecular formula is C14H24N3O2+. The second-order valence-corrected chi connectivity index (χ2v) is 5.80. The van der Waals surface area contributed by atoms with E-state index in [9.17, 15) is 5.11 Å². The predicted molar refractivity (Wildman–Crippen MR) is 76.3 cm³/mol. The molecule has 0 amide bonds. The second-order valence-electron chi connectivity index (χ2n) is 5.80. The summed E-state index contributed by atoms with van der Waals surface area (Å²) in [6.45, 7) is 6.05. The molecule has 5 nitrogen and oxygen atoms in total. The van der Waals surface area contributed by atoms with Crippen molar-refractivity contribution < 1.29 is 14.3 Å². The van der Waals surface area contributed by atoms with Crippen molar-refractivity contribution >= 4 is 5.69 Å². The molecular weight excluding hydrogens is 242 g/mol. The lowest BCUT2D eigenvalue weighted by Gasteiger charge is -2.38. The van der Waals surface area contributed by atoms with Crippen LogP contribution in [0.1, 0.15) is 0 Å². The van der Waals surface area contributed by atoms with Gasteiger partial charge < -0.3 is 20.1 Å².